The van der Waals surface area contributed by atoms with Crippen LogP contribution in [-0.4, -0.2) is 63.7 Å². The average Bonchev–Trinajstić information content (AvgIpc) is 3.10. The second-order valence-corrected chi connectivity index (χ2v) is 8.76. The zero-order valence-electron chi connectivity index (χ0n) is 17.9. The van der Waals surface area contributed by atoms with Crippen LogP contribution in [0.1, 0.15) is 41.3 Å². The molecule has 0 aliphatic carbocycles. The monoisotopic (exact) mass is 404 g/mol. The first kappa shape index (κ1) is 19.7. The highest BCUT2D eigenvalue weighted by atomic mass is 15.3. The topological polar surface area (TPSA) is 48.7 Å². The second kappa shape index (κ2) is 8.84. The fourth-order valence-corrected chi connectivity index (χ4v) is 4.98. The standard InChI is InChI=1S/C24H32N6/c1-19-22(18-28-14-11-25-12-15-28)24-26-10-9-23(30(24)27-19)21-8-5-13-29(17-21)16-20-6-3-2-4-7-20/h2-4,6-7,9-10,21,25H,5,8,11-18H2,1H3. The van der Waals surface area contributed by atoms with Crippen LogP contribution in [0.5, 0.6) is 0 Å². The summed E-state index contributed by atoms with van der Waals surface area (Å²) in [6.45, 7) is 10.7. The Kier molecular flexibility index (Phi) is 5.79. The summed E-state index contributed by atoms with van der Waals surface area (Å²) in [6.07, 6.45) is 4.44. The number of nitrogens with zero attached hydrogens (tertiary/aromatic N) is 5. The number of likely N-dealkylation sites (tertiary alicyclic amines) is 1. The van der Waals surface area contributed by atoms with Crippen LogP contribution in [0.25, 0.3) is 5.65 Å². The van der Waals surface area contributed by atoms with E-state index < -0.39 is 0 Å². The van der Waals surface area contributed by atoms with Gasteiger partial charge in [-0.05, 0) is 37.9 Å². The Hall–Kier alpha value is -2.28. The predicted molar refractivity (Wildman–Crippen MR) is 120 cm³/mol. The van der Waals surface area contributed by atoms with Gasteiger partial charge in [-0.15, -0.1) is 0 Å². The lowest BCUT2D eigenvalue weighted by Gasteiger charge is -2.33. The molecular formula is C24H32N6. The molecule has 1 N–H and O–H groups in total. The molecule has 0 saturated carbocycles. The van der Waals surface area contributed by atoms with E-state index in [0.717, 1.165) is 57.2 Å². The lowest BCUT2D eigenvalue weighted by Crippen LogP contribution is -2.43. The number of piperazine rings is 1. The molecular weight excluding hydrogens is 372 g/mol. The number of piperidine rings is 1. The van der Waals surface area contributed by atoms with E-state index >= 15 is 0 Å². The lowest BCUT2D eigenvalue weighted by atomic mass is 9.94. The molecule has 3 aromatic rings. The van der Waals surface area contributed by atoms with Crippen molar-refractivity contribution in [2.75, 3.05) is 39.3 Å². The molecule has 6 heteroatoms. The Morgan fingerprint density at radius 1 is 1.00 bits per heavy atom. The maximum Gasteiger partial charge on any atom is 0.160 e. The van der Waals surface area contributed by atoms with Crippen LogP contribution in [0.15, 0.2) is 42.6 Å². The molecule has 1 unspecified atom stereocenters. The third-order valence-corrected chi connectivity index (χ3v) is 6.61. The van der Waals surface area contributed by atoms with E-state index in [1.54, 1.807) is 0 Å². The van der Waals surface area contributed by atoms with E-state index in [9.17, 15) is 0 Å². The first-order valence-electron chi connectivity index (χ1n) is 11.3. The van der Waals surface area contributed by atoms with Gasteiger partial charge in [-0.2, -0.15) is 5.10 Å². The van der Waals surface area contributed by atoms with E-state index in [-0.39, 0.29) is 0 Å². The molecule has 2 aliphatic rings. The van der Waals surface area contributed by atoms with Crippen LogP contribution >= 0.6 is 0 Å². The first-order chi connectivity index (χ1) is 14.8. The largest absolute Gasteiger partial charge is 0.314 e. The summed E-state index contributed by atoms with van der Waals surface area (Å²) >= 11 is 0. The number of hydrogen-bond donors (Lipinski definition) is 1. The van der Waals surface area contributed by atoms with Crippen LogP contribution in [-0.2, 0) is 13.1 Å². The van der Waals surface area contributed by atoms with Gasteiger partial charge in [0.25, 0.3) is 0 Å². The van der Waals surface area contributed by atoms with Crippen LogP contribution in [0, 0.1) is 6.92 Å². The number of aromatic nitrogens is 3. The SMILES string of the molecule is Cc1nn2c(C3CCCN(Cc4ccccc4)C3)ccnc2c1CN1CCNCC1. The minimum absolute atomic E-state index is 0.499. The predicted octanol–water partition coefficient (Wildman–Crippen LogP) is 2.82. The molecule has 6 nitrogen and oxygen atoms in total. The highest BCUT2D eigenvalue weighted by Gasteiger charge is 2.25. The van der Waals surface area contributed by atoms with E-state index in [2.05, 4.69) is 63.0 Å². The van der Waals surface area contributed by atoms with Gasteiger partial charge in [-0.1, -0.05) is 30.3 Å². The van der Waals surface area contributed by atoms with E-state index in [1.165, 1.54) is 36.2 Å². The van der Waals surface area contributed by atoms with Crippen molar-refractivity contribution in [3.05, 3.63) is 65.1 Å². The molecule has 2 aliphatic heterocycles. The maximum absolute atomic E-state index is 4.96. The molecule has 0 bridgehead atoms. The van der Waals surface area contributed by atoms with Gasteiger partial charge in [0.1, 0.15) is 0 Å². The lowest BCUT2D eigenvalue weighted by molar-refractivity contribution is 0.197. The highest BCUT2D eigenvalue weighted by Crippen LogP contribution is 2.29. The molecule has 1 aromatic carbocycles. The van der Waals surface area contributed by atoms with E-state index in [0.29, 0.717) is 5.92 Å². The molecule has 2 fully saturated rings. The van der Waals surface area contributed by atoms with Crippen LogP contribution < -0.4 is 5.32 Å². The van der Waals surface area contributed by atoms with Crippen molar-refractivity contribution in [3.8, 4) is 0 Å². The van der Waals surface area contributed by atoms with Gasteiger partial charge in [0, 0.05) is 63.5 Å². The minimum Gasteiger partial charge on any atom is -0.314 e. The smallest absolute Gasteiger partial charge is 0.160 e. The zero-order valence-corrected chi connectivity index (χ0v) is 17.9. The Bertz CT molecular complexity index is 976. The summed E-state index contributed by atoms with van der Waals surface area (Å²) in [5, 5.41) is 8.39. The molecule has 2 saturated heterocycles. The third kappa shape index (κ3) is 4.13. The van der Waals surface area contributed by atoms with Crippen LogP contribution in [0.2, 0.25) is 0 Å². The van der Waals surface area contributed by atoms with E-state index in [4.69, 9.17) is 10.1 Å². The molecule has 2 aromatic heterocycles. The number of fused-ring (bicyclic) bond motifs is 1. The van der Waals surface area contributed by atoms with Crippen molar-refractivity contribution in [1.29, 1.82) is 0 Å². The molecule has 30 heavy (non-hydrogen) atoms. The van der Waals surface area contributed by atoms with E-state index in [1.807, 2.05) is 6.20 Å². The van der Waals surface area contributed by atoms with Crippen LogP contribution in [0.4, 0.5) is 0 Å². The Balaban J connectivity index is 1.38. The Labute approximate surface area is 178 Å². The van der Waals surface area contributed by atoms with Crippen molar-refractivity contribution in [2.45, 2.75) is 38.8 Å². The van der Waals surface area contributed by atoms with Gasteiger partial charge >= 0.3 is 0 Å². The van der Waals surface area contributed by atoms with Crippen molar-refractivity contribution in [1.82, 2.24) is 29.7 Å². The third-order valence-electron chi connectivity index (χ3n) is 6.61. The summed E-state index contributed by atoms with van der Waals surface area (Å²) in [5.74, 6) is 0.499. The normalized spacial score (nSPS) is 21.3. The van der Waals surface area contributed by atoms with Gasteiger partial charge in [0.05, 0.1) is 11.4 Å². The van der Waals surface area contributed by atoms with Gasteiger partial charge in [0.2, 0.25) is 0 Å². The number of benzene rings is 1. The molecule has 0 spiro atoms. The Morgan fingerprint density at radius 2 is 1.83 bits per heavy atom. The highest BCUT2D eigenvalue weighted by molar-refractivity contribution is 5.50. The number of hydrogen-bond acceptors (Lipinski definition) is 5. The summed E-state index contributed by atoms with van der Waals surface area (Å²) in [5.41, 5.74) is 6.16. The number of nitrogens with one attached hydrogen (secondary N) is 1. The average molecular weight is 405 g/mol. The summed E-state index contributed by atoms with van der Waals surface area (Å²) in [7, 11) is 0. The summed E-state index contributed by atoms with van der Waals surface area (Å²) in [4.78, 5) is 9.86. The fraction of sp³-hybridized carbons (Fsp3) is 0.500. The van der Waals surface area contributed by atoms with Crippen molar-refractivity contribution in [2.24, 2.45) is 0 Å². The van der Waals surface area contributed by atoms with Crippen molar-refractivity contribution < 1.29 is 0 Å². The van der Waals surface area contributed by atoms with Gasteiger partial charge in [-0.3, -0.25) is 9.80 Å². The number of aryl methyl sites for hydroxylation is 1. The molecule has 4 heterocycles. The first-order valence-corrected chi connectivity index (χ1v) is 11.3. The Morgan fingerprint density at radius 3 is 2.67 bits per heavy atom. The van der Waals surface area contributed by atoms with Crippen molar-refractivity contribution >= 4 is 5.65 Å². The van der Waals surface area contributed by atoms with Crippen molar-refractivity contribution in [3.63, 3.8) is 0 Å². The second-order valence-electron chi connectivity index (χ2n) is 8.76. The molecule has 0 radical (unpaired) electrons. The van der Waals surface area contributed by atoms with Gasteiger partial charge in [0.15, 0.2) is 5.65 Å². The fourth-order valence-electron chi connectivity index (χ4n) is 4.98. The molecule has 5 rings (SSSR count). The molecule has 0 amide bonds. The van der Waals surface area contributed by atoms with Gasteiger partial charge < -0.3 is 5.32 Å². The molecule has 1 atom stereocenters. The van der Waals surface area contributed by atoms with Crippen LogP contribution in [0.3, 0.4) is 0 Å². The summed E-state index contributed by atoms with van der Waals surface area (Å²) in [6, 6.07) is 13.0. The number of rotatable bonds is 5. The maximum atomic E-state index is 4.96. The quantitative estimate of drug-likeness (QED) is 0.709. The molecule has 158 valence electrons. The van der Waals surface area contributed by atoms with Gasteiger partial charge in [-0.25, -0.2) is 9.50 Å². The zero-order chi connectivity index (χ0) is 20.3. The minimum atomic E-state index is 0.499. The summed E-state index contributed by atoms with van der Waals surface area (Å²) < 4.78 is 2.14.